The second-order valence-corrected chi connectivity index (χ2v) is 0. The molecule has 0 rings (SSSR count). The molecule has 4 heavy (non-hydrogen) atoms. The Bertz CT molecular complexity index is 13.5. The summed E-state index contributed by atoms with van der Waals surface area (Å²) in [6, 6.07) is 0. The van der Waals surface area contributed by atoms with E-state index in [1.807, 2.05) is 0 Å². The van der Waals surface area contributed by atoms with Gasteiger partial charge in [-0.25, -0.2) is 0 Å². The third-order valence-electron chi connectivity index (χ3n) is 0. The normalized spacial score (nSPS) is 0. The van der Waals surface area contributed by atoms with Gasteiger partial charge in [-0.3, -0.25) is 0 Å². The van der Waals surface area contributed by atoms with Crippen molar-refractivity contribution in [2.75, 3.05) is 0 Å². The van der Waals surface area contributed by atoms with Crippen LogP contribution in [0.15, 0.2) is 0 Å². The van der Waals surface area contributed by atoms with Gasteiger partial charge in [0.25, 0.3) is 0 Å². The Labute approximate surface area is 144 Å². The summed E-state index contributed by atoms with van der Waals surface area (Å²) < 4.78 is 0. The van der Waals surface area contributed by atoms with E-state index in [1.54, 1.807) is 0 Å². The first-order valence-electron chi connectivity index (χ1n) is 0. The Hall–Kier alpha value is 4.75. The van der Waals surface area contributed by atoms with E-state index in [-0.39, 0.29) is 149 Å². The van der Waals surface area contributed by atoms with Crippen LogP contribution in [-0.4, -0.2) is 48.9 Å². The number of rotatable bonds is 0. The first-order chi connectivity index (χ1) is 0. The molecule has 0 nitrogen and oxygen atoms in total. The van der Waals surface area contributed by atoms with Crippen LogP contribution in [0.25, 0.3) is 0 Å². The molecule has 0 N–H and O–H groups in total. The Kier molecular flexibility index (Phi) is 91.1. The van der Waals surface area contributed by atoms with Crippen LogP contribution in [0.1, 0.15) is 2.85 Å². The fourth-order valence-electron chi connectivity index (χ4n) is 0. The van der Waals surface area contributed by atoms with E-state index in [0.717, 1.165) is 0 Å². The van der Waals surface area contributed by atoms with Crippen LogP contribution in [0.3, 0.4) is 0 Å². The van der Waals surface area contributed by atoms with Crippen LogP contribution in [0.2, 0.25) is 0 Å². The summed E-state index contributed by atoms with van der Waals surface area (Å²) in [5.74, 6) is 0. The summed E-state index contributed by atoms with van der Waals surface area (Å²) in [6.07, 6.45) is 0. The van der Waals surface area contributed by atoms with Gasteiger partial charge in [0.2, 0.25) is 0 Å². The Morgan fingerprint density at radius 2 is 1.25 bits per heavy atom. The predicted molar refractivity (Wildman–Crippen MR) is 7.98 cm³/mol. The second kappa shape index (κ2) is 15.7. The molecule has 0 aromatic heterocycles. The van der Waals surface area contributed by atoms with Crippen LogP contribution in [0.5, 0.6) is 0 Å². The zero-order chi connectivity index (χ0) is 0. The van der Waals surface area contributed by atoms with Gasteiger partial charge in [0.1, 0.15) is 0 Å². The molecular formula is H2BaCuGdSm. The van der Waals surface area contributed by atoms with Crippen molar-refractivity contribution >= 4 is 48.9 Å². The smallest absolute Gasteiger partial charge is 1.00 e. The molecule has 0 aromatic rings. The van der Waals surface area contributed by atoms with Crippen LogP contribution in [0, 0.1) is 80.3 Å². The largest absolute Gasteiger partial charge is 2.00 e. The molecule has 0 bridgehead atoms. The van der Waals surface area contributed by atoms with Crippen LogP contribution in [0.4, 0.5) is 0 Å². The average Bonchev–Trinajstić information content (AvgIpc) is 0. The standard InChI is InChI=1S/Ba.Cu.Gd.Sm.2H/q+2;;;;2*-1. The van der Waals surface area contributed by atoms with E-state index in [9.17, 15) is 0 Å². The van der Waals surface area contributed by atoms with E-state index < -0.39 is 0 Å². The second-order valence-electron chi connectivity index (χ2n) is 0. The van der Waals surface area contributed by atoms with Crippen molar-refractivity contribution in [2.45, 2.75) is 0 Å². The van der Waals surface area contributed by atoms with Crippen molar-refractivity contribution in [1.82, 2.24) is 0 Å². The summed E-state index contributed by atoms with van der Waals surface area (Å²) in [4.78, 5) is 0. The van der Waals surface area contributed by atoms with Gasteiger partial charge in [-0.05, 0) is 0 Å². The van der Waals surface area contributed by atoms with E-state index >= 15 is 0 Å². The van der Waals surface area contributed by atoms with Crippen LogP contribution < -0.4 is 0 Å². The third-order valence-corrected chi connectivity index (χ3v) is 0. The maximum atomic E-state index is 0. The Morgan fingerprint density at radius 3 is 1.25 bits per heavy atom. The zero-order valence-corrected chi connectivity index (χ0v) is 12.0. The molecule has 0 atom stereocenters. The molecule has 0 aliphatic rings. The summed E-state index contributed by atoms with van der Waals surface area (Å²) in [7, 11) is 0. The van der Waals surface area contributed by atoms with Gasteiger partial charge in [0.05, 0.1) is 0 Å². The van der Waals surface area contributed by atoms with Crippen LogP contribution in [-0.2, 0) is 17.1 Å². The third kappa shape index (κ3) is 9.89. The fraction of sp³-hybridized carbons (Fsp3) is 0. The Balaban J connectivity index is 0. The molecule has 0 aliphatic heterocycles. The summed E-state index contributed by atoms with van der Waals surface area (Å²) >= 11 is 0. The van der Waals surface area contributed by atoms with Crippen molar-refractivity contribution < 1.29 is 100 Å². The van der Waals surface area contributed by atoms with Crippen molar-refractivity contribution in [3.8, 4) is 0 Å². The maximum Gasteiger partial charge on any atom is 2.00 e. The monoisotopic (exact) mass is 513 g/mol. The molecule has 0 amide bonds. The summed E-state index contributed by atoms with van der Waals surface area (Å²) in [5.41, 5.74) is 0. The van der Waals surface area contributed by atoms with Crippen LogP contribution >= 0.6 is 0 Å². The molecule has 1 radical (unpaired) electrons. The van der Waals surface area contributed by atoms with Gasteiger partial charge >= 0.3 is 48.9 Å². The molecule has 0 saturated carbocycles. The molecule has 0 aliphatic carbocycles. The minimum absolute atomic E-state index is 0. The van der Waals surface area contributed by atoms with Gasteiger partial charge in [0, 0.05) is 97.4 Å². The van der Waals surface area contributed by atoms with Gasteiger partial charge in [-0.2, -0.15) is 0 Å². The van der Waals surface area contributed by atoms with E-state index in [2.05, 4.69) is 0 Å². The van der Waals surface area contributed by atoms with Crippen molar-refractivity contribution in [3.63, 3.8) is 0 Å². The maximum absolute atomic E-state index is 0. The molecule has 29 valence electrons. The SMILES string of the molecule is [Ba+2].[Cu].[Gd].[H-].[H-].[Sm]. The van der Waals surface area contributed by atoms with Crippen molar-refractivity contribution in [1.29, 1.82) is 0 Å². The molecule has 0 fully saturated rings. The topological polar surface area (TPSA) is 0 Å². The molecular weight excluding hydrogens is 508 g/mol. The van der Waals surface area contributed by atoms with Gasteiger partial charge in [-0.15, -0.1) is 0 Å². The van der Waals surface area contributed by atoms with Gasteiger partial charge in [0.15, 0.2) is 0 Å². The fourth-order valence-corrected chi connectivity index (χ4v) is 0. The van der Waals surface area contributed by atoms with Gasteiger partial charge in [-0.1, -0.05) is 0 Å². The van der Waals surface area contributed by atoms with Crippen molar-refractivity contribution in [2.24, 2.45) is 0 Å². The van der Waals surface area contributed by atoms with Crippen molar-refractivity contribution in [3.05, 3.63) is 0 Å². The van der Waals surface area contributed by atoms with E-state index in [1.165, 1.54) is 0 Å². The van der Waals surface area contributed by atoms with E-state index in [0.29, 0.717) is 0 Å². The molecule has 0 aromatic carbocycles. The minimum Gasteiger partial charge on any atom is -1.00 e. The molecule has 0 unspecified atom stereocenters. The average molecular weight is 510 g/mol. The quantitative estimate of drug-likeness (QED) is 0.398. The first-order valence-corrected chi connectivity index (χ1v) is 0. The van der Waals surface area contributed by atoms with Gasteiger partial charge < -0.3 is 2.85 Å². The molecule has 4 heteroatoms. The zero-order valence-electron chi connectivity index (χ0n) is 3.77. The summed E-state index contributed by atoms with van der Waals surface area (Å²) in [6.45, 7) is 0. The minimum atomic E-state index is 0. The molecule has 0 heterocycles. The number of hydrogen-bond acceptors (Lipinski definition) is 0. The molecule has 0 saturated heterocycles. The molecule has 0 spiro atoms. The summed E-state index contributed by atoms with van der Waals surface area (Å²) in [5, 5.41) is 0. The number of hydrogen-bond donors (Lipinski definition) is 0. The first kappa shape index (κ1) is 23.3. The van der Waals surface area contributed by atoms with E-state index in [4.69, 9.17) is 0 Å². The Morgan fingerprint density at radius 1 is 1.25 bits per heavy atom. The predicted octanol–water partition coefficient (Wildman–Crippen LogP) is -0.158.